The number of carbonyl (C=O) groups is 1. The molecule has 4 nitrogen and oxygen atoms in total. The Balaban J connectivity index is 0.00000144. The van der Waals surface area contributed by atoms with Gasteiger partial charge in [0, 0.05) is 12.6 Å². The lowest BCUT2D eigenvalue weighted by atomic mass is 9.99. The number of hydrogen-bond donors (Lipinski definition) is 2. The maximum absolute atomic E-state index is 12.7. The Labute approximate surface area is 157 Å². The van der Waals surface area contributed by atoms with Crippen molar-refractivity contribution >= 4 is 30.7 Å². The van der Waals surface area contributed by atoms with Gasteiger partial charge in [0.05, 0.1) is 6.04 Å². The van der Waals surface area contributed by atoms with Crippen LogP contribution in [-0.4, -0.2) is 42.5 Å². The van der Waals surface area contributed by atoms with Crippen molar-refractivity contribution in [3.05, 3.63) is 35.9 Å². The number of benzene rings is 1. The standard InChI is InChI=1S/C18H27N3O.2ClH/c22-18(20-16-9-11-19-12-10-16)17-8-4-5-13-21(17)14-15-6-2-1-3-7-15;;/h1-3,6-7,16-17,19H,4-5,8-14H2,(H,20,22);2*1H. The molecule has 6 heteroatoms. The van der Waals surface area contributed by atoms with E-state index in [2.05, 4.69) is 39.8 Å². The molecular weight excluding hydrogens is 345 g/mol. The predicted octanol–water partition coefficient (Wildman–Crippen LogP) is 2.75. The third-order valence-electron chi connectivity index (χ3n) is 4.83. The highest BCUT2D eigenvalue weighted by atomic mass is 35.5. The van der Waals surface area contributed by atoms with Crippen LogP contribution in [0.15, 0.2) is 30.3 Å². The zero-order chi connectivity index (χ0) is 15.2. The van der Waals surface area contributed by atoms with Crippen LogP contribution in [-0.2, 0) is 11.3 Å². The fourth-order valence-corrected chi connectivity index (χ4v) is 3.56. The largest absolute Gasteiger partial charge is 0.352 e. The first kappa shape index (κ1) is 21.2. The van der Waals surface area contributed by atoms with Crippen molar-refractivity contribution in [2.24, 2.45) is 0 Å². The van der Waals surface area contributed by atoms with Gasteiger partial charge < -0.3 is 10.6 Å². The molecule has 136 valence electrons. The lowest BCUT2D eigenvalue weighted by molar-refractivity contribution is -0.128. The molecule has 0 saturated carbocycles. The minimum Gasteiger partial charge on any atom is -0.352 e. The first-order valence-corrected chi connectivity index (χ1v) is 8.62. The van der Waals surface area contributed by atoms with E-state index in [-0.39, 0.29) is 36.8 Å². The summed E-state index contributed by atoms with van der Waals surface area (Å²) in [4.78, 5) is 15.1. The second-order valence-corrected chi connectivity index (χ2v) is 6.50. The number of nitrogens with one attached hydrogen (secondary N) is 2. The minimum atomic E-state index is 0. The van der Waals surface area contributed by atoms with E-state index >= 15 is 0 Å². The molecule has 0 bridgehead atoms. The molecule has 2 N–H and O–H groups in total. The van der Waals surface area contributed by atoms with Crippen LogP contribution in [0.1, 0.15) is 37.7 Å². The fourth-order valence-electron chi connectivity index (χ4n) is 3.56. The van der Waals surface area contributed by atoms with E-state index in [9.17, 15) is 4.79 Å². The normalized spacial score (nSPS) is 22.1. The average Bonchev–Trinajstić information content (AvgIpc) is 2.57. The number of nitrogens with zero attached hydrogens (tertiary/aromatic N) is 1. The quantitative estimate of drug-likeness (QED) is 0.852. The Morgan fingerprint density at radius 3 is 2.50 bits per heavy atom. The van der Waals surface area contributed by atoms with E-state index in [1.807, 2.05) is 6.07 Å². The lowest BCUT2D eigenvalue weighted by Gasteiger charge is -2.36. The van der Waals surface area contributed by atoms with Crippen molar-refractivity contribution < 1.29 is 4.79 Å². The third-order valence-corrected chi connectivity index (χ3v) is 4.83. The van der Waals surface area contributed by atoms with E-state index < -0.39 is 0 Å². The van der Waals surface area contributed by atoms with Gasteiger partial charge >= 0.3 is 0 Å². The van der Waals surface area contributed by atoms with Crippen LogP contribution >= 0.6 is 24.8 Å². The van der Waals surface area contributed by atoms with E-state index in [1.165, 1.54) is 12.0 Å². The van der Waals surface area contributed by atoms with Gasteiger partial charge in [-0.05, 0) is 50.9 Å². The molecule has 2 fully saturated rings. The summed E-state index contributed by atoms with van der Waals surface area (Å²) in [5.41, 5.74) is 1.30. The number of halogens is 2. The van der Waals surface area contributed by atoms with Gasteiger partial charge in [0.25, 0.3) is 0 Å². The van der Waals surface area contributed by atoms with Crippen molar-refractivity contribution in [2.75, 3.05) is 19.6 Å². The van der Waals surface area contributed by atoms with Gasteiger partial charge in [0.2, 0.25) is 5.91 Å². The summed E-state index contributed by atoms with van der Waals surface area (Å²) in [5, 5.41) is 6.63. The highest BCUT2D eigenvalue weighted by Crippen LogP contribution is 2.20. The molecule has 0 spiro atoms. The van der Waals surface area contributed by atoms with Crippen LogP contribution in [0, 0.1) is 0 Å². The van der Waals surface area contributed by atoms with Gasteiger partial charge in [-0.25, -0.2) is 0 Å². The second-order valence-electron chi connectivity index (χ2n) is 6.50. The molecule has 1 unspecified atom stereocenters. The van der Waals surface area contributed by atoms with E-state index in [0.717, 1.165) is 51.9 Å². The van der Waals surface area contributed by atoms with Crippen molar-refractivity contribution in [2.45, 2.75) is 50.7 Å². The molecule has 2 saturated heterocycles. The van der Waals surface area contributed by atoms with Crippen LogP contribution in [0.25, 0.3) is 0 Å². The zero-order valence-corrected chi connectivity index (χ0v) is 15.7. The Morgan fingerprint density at radius 1 is 1.08 bits per heavy atom. The number of rotatable bonds is 4. The maximum Gasteiger partial charge on any atom is 0.237 e. The van der Waals surface area contributed by atoms with Crippen LogP contribution in [0.5, 0.6) is 0 Å². The Hall–Kier alpha value is -0.810. The molecule has 1 amide bonds. The minimum absolute atomic E-state index is 0. The highest BCUT2D eigenvalue weighted by molar-refractivity contribution is 5.85. The predicted molar refractivity (Wildman–Crippen MR) is 103 cm³/mol. The van der Waals surface area contributed by atoms with Gasteiger partial charge in [-0.15, -0.1) is 24.8 Å². The molecule has 24 heavy (non-hydrogen) atoms. The smallest absolute Gasteiger partial charge is 0.237 e. The maximum atomic E-state index is 12.7. The number of hydrogen-bond acceptors (Lipinski definition) is 3. The molecule has 1 aromatic carbocycles. The SMILES string of the molecule is Cl.Cl.O=C(NC1CCNCC1)C1CCCCN1Cc1ccccc1. The van der Waals surface area contributed by atoms with Crippen molar-refractivity contribution in [3.8, 4) is 0 Å². The number of piperidine rings is 2. The van der Waals surface area contributed by atoms with E-state index in [4.69, 9.17) is 0 Å². The molecule has 2 heterocycles. The monoisotopic (exact) mass is 373 g/mol. The topological polar surface area (TPSA) is 44.4 Å². The summed E-state index contributed by atoms with van der Waals surface area (Å²) in [7, 11) is 0. The molecule has 0 radical (unpaired) electrons. The van der Waals surface area contributed by atoms with Crippen LogP contribution in [0.3, 0.4) is 0 Å². The van der Waals surface area contributed by atoms with Crippen molar-refractivity contribution in [3.63, 3.8) is 0 Å². The number of likely N-dealkylation sites (tertiary alicyclic amines) is 1. The van der Waals surface area contributed by atoms with Gasteiger partial charge in [-0.3, -0.25) is 9.69 Å². The lowest BCUT2D eigenvalue weighted by Crippen LogP contribution is -2.53. The van der Waals surface area contributed by atoms with E-state index in [1.54, 1.807) is 0 Å². The van der Waals surface area contributed by atoms with Gasteiger partial charge in [-0.1, -0.05) is 36.8 Å². The molecule has 0 aromatic heterocycles. The summed E-state index contributed by atoms with van der Waals surface area (Å²) in [6.45, 7) is 3.94. The van der Waals surface area contributed by atoms with Crippen molar-refractivity contribution in [1.29, 1.82) is 0 Å². The van der Waals surface area contributed by atoms with Crippen molar-refractivity contribution in [1.82, 2.24) is 15.5 Å². The first-order chi connectivity index (χ1) is 10.8. The van der Waals surface area contributed by atoms with E-state index in [0.29, 0.717) is 6.04 Å². The van der Waals surface area contributed by atoms with Crippen LogP contribution < -0.4 is 10.6 Å². The van der Waals surface area contributed by atoms with Gasteiger partial charge in [-0.2, -0.15) is 0 Å². The Bertz CT molecular complexity index is 480. The zero-order valence-electron chi connectivity index (χ0n) is 14.1. The Morgan fingerprint density at radius 2 is 1.79 bits per heavy atom. The number of amides is 1. The summed E-state index contributed by atoms with van der Waals surface area (Å²) < 4.78 is 0. The molecular formula is C18H29Cl2N3O. The molecule has 3 rings (SSSR count). The molecule has 2 aliphatic rings. The summed E-state index contributed by atoms with van der Waals surface area (Å²) in [6.07, 6.45) is 5.46. The fraction of sp³-hybridized carbons (Fsp3) is 0.611. The second kappa shape index (κ2) is 10.9. The third kappa shape index (κ3) is 5.92. The Kier molecular flexibility index (Phi) is 9.67. The first-order valence-electron chi connectivity index (χ1n) is 8.62. The molecule has 0 aliphatic carbocycles. The van der Waals surface area contributed by atoms with Gasteiger partial charge in [0.15, 0.2) is 0 Å². The molecule has 1 atom stereocenters. The average molecular weight is 374 g/mol. The summed E-state index contributed by atoms with van der Waals surface area (Å²) in [5.74, 6) is 0.238. The summed E-state index contributed by atoms with van der Waals surface area (Å²) >= 11 is 0. The summed E-state index contributed by atoms with van der Waals surface area (Å²) in [6, 6.07) is 10.9. The molecule has 2 aliphatic heterocycles. The van der Waals surface area contributed by atoms with Crippen LogP contribution in [0.4, 0.5) is 0 Å². The highest BCUT2D eigenvalue weighted by Gasteiger charge is 2.30. The molecule has 1 aromatic rings. The van der Waals surface area contributed by atoms with Gasteiger partial charge in [0.1, 0.15) is 0 Å². The van der Waals surface area contributed by atoms with Crippen LogP contribution in [0.2, 0.25) is 0 Å². The number of carbonyl (C=O) groups excluding carboxylic acids is 1.